The van der Waals surface area contributed by atoms with E-state index in [9.17, 15) is 14.7 Å². The third-order valence-electron chi connectivity index (χ3n) is 1.68. The Morgan fingerprint density at radius 2 is 1.87 bits per heavy atom. The maximum absolute atomic E-state index is 11.1. The lowest BCUT2D eigenvalue weighted by molar-refractivity contribution is -0.167. The first kappa shape index (κ1) is 11.4. The zero-order valence-electron chi connectivity index (χ0n) is 7.79. The van der Waals surface area contributed by atoms with Gasteiger partial charge < -0.3 is 14.9 Å². The van der Waals surface area contributed by atoms with Crippen LogP contribution in [-0.4, -0.2) is 28.8 Å². The number of benzene rings is 1. The van der Waals surface area contributed by atoms with Crippen molar-refractivity contribution in [3.63, 3.8) is 0 Å². The first-order valence-corrected chi connectivity index (χ1v) is 4.23. The van der Waals surface area contributed by atoms with Crippen LogP contribution in [-0.2, 0) is 14.3 Å². The summed E-state index contributed by atoms with van der Waals surface area (Å²) in [4.78, 5) is 21.7. The molecule has 2 N–H and O–H groups in total. The van der Waals surface area contributed by atoms with Crippen molar-refractivity contribution in [3.8, 4) is 0 Å². The standard InChI is InChI=1S/C10H10O5/c11-6-8(12)15-10(14)9(13)7-4-2-1-3-5-7/h1-5,9,11,13H,6H2. The van der Waals surface area contributed by atoms with Crippen LogP contribution in [0.3, 0.4) is 0 Å². The summed E-state index contributed by atoms with van der Waals surface area (Å²) in [5.74, 6) is -2.18. The van der Waals surface area contributed by atoms with Crippen LogP contribution in [0, 0.1) is 0 Å². The molecule has 0 saturated heterocycles. The molecule has 1 atom stereocenters. The van der Waals surface area contributed by atoms with E-state index in [-0.39, 0.29) is 0 Å². The van der Waals surface area contributed by atoms with E-state index in [1.165, 1.54) is 12.1 Å². The molecule has 1 rings (SSSR count). The monoisotopic (exact) mass is 210 g/mol. The molecule has 0 aliphatic rings. The number of aliphatic hydroxyl groups is 2. The quantitative estimate of drug-likeness (QED) is 0.532. The molecule has 5 heteroatoms. The smallest absolute Gasteiger partial charge is 0.347 e. The van der Waals surface area contributed by atoms with E-state index in [1.54, 1.807) is 18.2 Å². The second-order valence-corrected chi connectivity index (χ2v) is 2.76. The number of hydrogen-bond acceptors (Lipinski definition) is 5. The fourth-order valence-electron chi connectivity index (χ4n) is 0.972. The number of ether oxygens (including phenoxy) is 1. The van der Waals surface area contributed by atoms with Gasteiger partial charge in [-0.2, -0.15) is 0 Å². The van der Waals surface area contributed by atoms with Crippen molar-refractivity contribution in [1.29, 1.82) is 0 Å². The SMILES string of the molecule is O=C(CO)OC(=O)C(O)c1ccccc1. The summed E-state index contributed by atoms with van der Waals surface area (Å²) in [6, 6.07) is 8.05. The molecule has 1 aromatic rings. The third kappa shape index (κ3) is 3.16. The summed E-state index contributed by atoms with van der Waals surface area (Å²) >= 11 is 0. The van der Waals surface area contributed by atoms with Crippen LogP contribution in [0.5, 0.6) is 0 Å². The van der Waals surface area contributed by atoms with Gasteiger partial charge in [-0.25, -0.2) is 9.59 Å². The minimum Gasteiger partial charge on any atom is -0.389 e. The van der Waals surface area contributed by atoms with Crippen molar-refractivity contribution in [3.05, 3.63) is 35.9 Å². The highest BCUT2D eigenvalue weighted by atomic mass is 16.6. The molecular weight excluding hydrogens is 200 g/mol. The number of aliphatic hydroxyl groups excluding tert-OH is 2. The van der Waals surface area contributed by atoms with Gasteiger partial charge in [0.15, 0.2) is 6.10 Å². The predicted molar refractivity (Wildman–Crippen MR) is 49.6 cm³/mol. The highest BCUT2D eigenvalue weighted by Gasteiger charge is 2.21. The van der Waals surface area contributed by atoms with Crippen LogP contribution in [0.1, 0.15) is 11.7 Å². The highest BCUT2D eigenvalue weighted by Crippen LogP contribution is 2.13. The Balaban J connectivity index is 2.65. The maximum Gasteiger partial charge on any atom is 0.347 e. The predicted octanol–water partition coefficient (Wildman–Crippen LogP) is -0.218. The van der Waals surface area contributed by atoms with E-state index in [0.29, 0.717) is 5.56 Å². The normalized spacial score (nSPS) is 11.9. The van der Waals surface area contributed by atoms with Gasteiger partial charge in [-0.15, -0.1) is 0 Å². The Hall–Kier alpha value is -1.72. The lowest BCUT2D eigenvalue weighted by atomic mass is 10.1. The van der Waals surface area contributed by atoms with Gasteiger partial charge in [-0.3, -0.25) is 0 Å². The van der Waals surface area contributed by atoms with Gasteiger partial charge in [0, 0.05) is 0 Å². The van der Waals surface area contributed by atoms with E-state index in [0.717, 1.165) is 0 Å². The number of esters is 2. The molecule has 0 fully saturated rings. The zero-order valence-corrected chi connectivity index (χ0v) is 7.79. The largest absolute Gasteiger partial charge is 0.389 e. The summed E-state index contributed by atoms with van der Waals surface area (Å²) in [6.07, 6.45) is -1.51. The van der Waals surface area contributed by atoms with Crippen LogP contribution in [0.4, 0.5) is 0 Å². The molecule has 80 valence electrons. The first-order chi connectivity index (χ1) is 7.15. The van der Waals surface area contributed by atoms with Gasteiger partial charge in [-0.1, -0.05) is 30.3 Å². The van der Waals surface area contributed by atoms with E-state index in [4.69, 9.17) is 5.11 Å². The fraction of sp³-hybridized carbons (Fsp3) is 0.200. The Morgan fingerprint density at radius 3 is 2.40 bits per heavy atom. The molecule has 0 aliphatic carbocycles. The molecular formula is C10H10O5. The Labute approximate surface area is 85.9 Å². The van der Waals surface area contributed by atoms with Gasteiger partial charge >= 0.3 is 11.9 Å². The van der Waals surface area contributed by atoms with E-state index < -0.39 is 24.6 Å². The Bertz CT molecular complexity index is 346. The van der Waals surface area contributed by atoms with Crippen molar-refractivity contribution in [1.82, 2.24) is 0 Å². The van der Waals surface area contributed by atoms with Crippen molar-refractivity contribution >= 4 is 11.9 Å². The lowest BCUT2D eigenvalue weighted by Gasteiger charge is -2.08. The van der Waals surface area contributed by atoms with Crippen molar-refractivity contribution in [2.75, 3.05) is 6.61 Å². The van der Waals surface area contributed by atoms with Crippen molar-refractivity contribution in [2.24, 2.45) is 0 Å². The third-order valence-corrected chi connectivity index (χ3v) is 1.68. The van der Waals surface area contributed by atoms with Crippen LogP contribution in [0.25, 0.3) is 0 Å². The molecule has 0 aromatic heterocycles. The first-order valence-electron chi connectivity index (χ1n) is 4.23. The van der Waals surface area contributed by atoms with Crippen LogP contribution < -0.4 is 0 Å². The Kier molecular flexibility index (Phi) is 3.96. The maximum atomic E-state index is 11.1. The molecule has 0 spiro atoms. The molecule has 0 bridgehead atoms. The molecule has 0 amide bonds. The minimum absolute atomic E-state index is 0.327. The molecule has 5 nitrogen and oxygen atoms in total. The van der Waals surface area contributed by atoms with Crippen molar-refractivity contribution in [2.45, 2.75) is 6.10 Å². The molecule has 0 aliphatic heterocycles. The van der Waals surface area contributed by atoms with Crippen LogP contribution >= 0.6 is 0 Å². The second-order valence-electron chi connectivity index (χ2n) is 2.76. The van der Waals surface area contributed by atoms with E-state index in [2.05, 4.69) is 4.74 Å². The highest BCUT2D eigenvalue weighted by molar-refractivity contribution is 5.88. The summed E-state index contributed by atoms with van der Waals surface area (Å²) in [7, 11) is 0. The second kappa shape index (κ2) is 5.23. The number of rotatable bonds is 3. The summed E-state index contributed by atoms with van der Waals surface area (Å²) in [5.41, 5.74) is 0.327. The van der Waals surface area contributed by atoms with Gasteiger partial charge in [0.2, 0.25) is 0 Å². The topological polar surface area (TPSA) is 83.8 Å². The van der Waals surface area contributed by atoms with E-state index >= 15 is 0 Å². The van der Waals surface area contributed by atoms with Gasteiger partial charge in [-0.05, 0) is 5.56 Å². The summed E-state index contributed by atoms with van der Waals surface area (Å²) in [6.45, 7) is -0.896. The Morgan fingerprint density at radius 1 is 1.27 bits per heavy atom. The summed E-state index contributed by atoms with van der Waals surface area (Å²) in [5, 5.41) is 17.8. The van der Waals surface area contributed by atoms with Crippen molar-refractivity contribution < 1.29 is 24.5 Å². The average Bonchev–Trinajstić information content (AvgIpc) is 2.29. The molecule has 15 heavy (non-hydrogen) atoms. The lowest BCUT2D eigenvalue weighted by Crippen LogP contribution is -2.21. The zero-order chi connectivity index (χ0) is 11.3. The average molecular weight is 210 g/mol. The number of hydrogen-bond donors (Lipinski definition) is 2. The van der Waals surface area contributed by atoms with Crippen LogP contribution in [0.2, 0.25) is 0 Å². The minimum atomic E-state index is -1.51. The van der Waals surface area contributed by atoms with Crippen LogP contribution in [0.15, 0.2) is 30.3 Å². The molecule has 0 heterocycles. The number of carbonyl (C=O) groups is 2. The summed E-state index contributed by atoms with van der Waals surface area (Å²) < 4.78 is 4.14. The van der Waals surface area contributed by atoms with Gasteiger partial charge in [0.25, 0.3) is 0 Å². The number of carbonyl (C=O) groups excluding carboxylic acids is 2. The fourth-order valence-corrected chi connectivity index (χ4v) is 0.972. The van der Waals surface area contributed by atoms with Gasteiger partial charge in [0.05, 0.1) is 0 Å². The molecule has 1 unspecified atom stereocenters. The molecule has 0 radical (unpaired) electrons. The van der Waals surface area contributed by atoms with Gasteiger partial charge in [0.1, 0.15) is 6.61 Å². The van der Waals surface area contributed by atoms with E-state index in [1.807, 2.05) is 0 Å². The molecule has 1 aromatic carbocycles. The molecule has 0 saturated carbocycles.